The zero-order valence-corrected chi connectivity index (χ0v) is 39.6. The van der Waals surface area contributed by atoms with Crippen molar-refractivity contribution in [2.45, 2.75) is 0 Å². The summed E-state index contributed by atoms with van der Waals surface area (Å²) in [6, 6.07) is 106. The second-order valence-corrected chi connectivity index (χ2v) is 18.5. The van der Waals surface area contributed by atoms with E-state index in [1.54, 1.807) is 0 Å². The normalized spacial score (nSPS) is 11.3. The van der Waals surface area contributed by atoms with Crippen LogP contribution in [0.15, 0.2) is 291 Å². The molecule has 0 saturated carbocycles. The smallest absolute Gasteiger partial charge is 0.0547 e. The van der Waals surface area contributed by atoms with Gasteiger partial charge in [0.25, 0.3) is 0 Å². The third-order valence-corrected chi connectivity index (χ3v) is 14.2. The topological polar surface area (TPSA) is 8.17 Å². The summed E-state index contributed by atoms with van der Waals surface area (Å²) in [7, 11) is 0. The monoisotopic (exact) mass is 916 g/mol. The molecule has 12 aromatic carbocycles. The molecule has 2 nitrogen and oxygen atoms in total. The van der Waals surface area contributed by atoms with Crippen LogP contribution in [0.2, 0.25) is 0 Å². The van der Waals surface area contributed by atoms with E-state index in [1.165, 1.54) is 93.8 Å². The van der Waals surface area contributed by atoms with Gasteiger partial charge in [-0.1, -0.05) is 231 Å². The maximum absolute atomic E-state index is 2.42. The largest absolute Gasteiger partial charge is 0.310 e. The van der Waals surface area contributed by atoms with Gasteiger partial charge < -0.3 is 9.47 Å². The third-order valence-electron chi connectivity index (χ3n) is 14.2. The van der Waals surface area contributed by atoms with E-state index < -0.39 is 0 Å². The summed E-state index contributed by atoms with van der Waals surface area (Å²) in [4.78, 5) is 2.39. The average molecular weight is 917 g/mol. The second kappa shape index (κ2) is 18.4. The van der Waals surface area contributed by atoms with Crippen molar-refractivity contribution < 1.29 is 0 Å². The van der Waals surface area contributed by atoms with Crippen molar-refractivity contribution >= 4 is 49.6 Å². The van der Waals surface area contributed by atoms with E-state index in [1.807, 2.05) is 0 Å². The number of hydrogen-bond donors (Lipinski definition) is 0. The summed E-state index contributed by atoms with van der Waals surface area (Å²) in [6.45, 7) is 0. The minimum Gasteiger partial charge on any atom is -0.310 e. The molecular weight excluding hydrogens is 869 g/mol. The fourth-order valence-corrected chi connectivity index (χ4v) is 10.7. The number of anilines is 3. The highest BCUT2D eigenvalue weighted by Gasteiger charge is 2.21. The first-order valence-corrected chi connectivity index (χ1v) is 24.7. The first kappa shape index (κ1) is 42.6. The molecule has 0 fully saturated rings. The van der Waals surface area contributed by atoms with Crippen molar-refractivity contribution in [1.82, 2.24) is 4.57 Å². The lowest BCUT2D eigenvalue weighted by atomic mass is 9.94. The van der Waals surface area contributed by atoms with E-state index in [2.05, 4.69) is 301 Å². The molecule has 338 valence electrons. The lowest BCUT2D eigenvalue weighted by Crippen LogP contribution is -2.10. The molecule has 1 heterocycles. The molecule has 0 bridgehead atoms. The van der Waals surface area contributed by atoms with Crippen LogP contribution < -0.4 is 4.90 Å². The fraction of sp³-hybridized carbons (Fsp3) is 0. The van der Waals surface area contributed by atoms with Crippen molar-refractivity contribution in [3.63, 3.8) is 0 Å². The van der Waals surface area contributed by atoms with Gasteiger partial charge in [-0.05, 0) is 138 Å². The van der Waals surface area contributed by atoms with Crippen LogP contribution in [0.3, 0.4) is 0 Å². The van der Waals surface area contributed by atoms with E-state index >= 15 is 0 Å². The maximum Gasteiger partial charge on any atom is 0.0547 e. The Morgan fingerprint density at radius 3 is 1.18 bits per heavy atom. The Morgan fingerprint density at radius 1 is 0.236 bits per heavy atom. The predicted octanol–water partition coefficient (Wildman–Crippen LogP) is 19.4. The van der Waals surface area contributed by atoms with Gasteiger partial charge in [-0.2, -0.15) is 0 Å². The molecular formula is C70H48N2. The van der Waals surface area contributed by atoms with E-state index in [-0.39, 0.29) is 0 Å². The van der Waals surface area contributed by atoms with Crippen LogP contribution in [0.25, 0.3) is 105 Å². The fourth-order valence-electron chi connectivity index (χ4n) is 10.7. The minimum absolute atomic E-state index is 1.08. The number of benzene rings is 12. The van der Waals surface area contributed by atoms with Crippen LogP contribution in [-0.4, -0.2) is 4.57 Å². The highest BCUT2D eigenvalue weighted by molar-refractivity contribution is 6.21. The summed E-state index contributed by atoms with van der Waals surface area (Å²) in [5, 5.41) is 5.00. The molecule has 13 aromatic rings. The summed E-state index contributed by atoms with van der Waals surface area (Å²) in [5.74, 6) is 0. The predicted molar refractivity (Wildman–Crippen MR) is 306 cm³/mol. The second-order valence-electron chi connectivity index (χ2n) is 18.5. The number of para-hydroxylation sites is 1. The van der Waals surface area contributed by atoms with Gasteiger partial charge >= 0.3 is 0 Å². The lowest BCUT2D eigenvalue weighted by Gasteiger charge is -2.26. The summed E-state index contributed by atoms with van der Waals surface area (Å²) < 4.78 is 2.42. The number of aromatic nitrogens is 1. The van der Waals surface area contributed by atoms with Gasteiger partial charge in [-0.3, -0.25) is 0 Å². The zero-order valence-electron chi connectivity index (χ0n) is 39.6. The van der Waals surface area contributed by atoms with Gasteiger partial charge in [0.05, 0.1) is 11.0 Å². The molecule has 0 saturated heterocycles. The van der Waals surface area contributed by atoms with Gasteiger partial charge in [0, 0.05) is 33.5 Å². The van der Waals surface area contributed by atoms with Crippen molar-refractivity contribution in [2.75, 3.05) is 4.90 Å². The Morgan fingerprint density at radius 2 is 0.611 bits per heavy atom. The Kier molecular flexibility index (Phi) is 10.9. The molecule has 0 aliphatic rings. The summed E-state index contributed by atoms with van der Waals surface area (Å²) >= 11 is 0. The average Bonchev–Trinajstić information content (AvgIpc) is 3.81. The minimum atomic E-state index is 1.08. The van der Waals surface area contributed by atoms with Crippen LogP contribution >= 0.6 is 0 Å². The Hall–Kier alpha value is -9.50. The molecule has 72 heavy (non-hydrogen) atoms. The maximum atomic E-state index is 2.42. The molecule has 0 radical (unpaired) electrons. The lowest BCUT2D eigenvalue weighted by molar-refractivity contribution is 1.18. The van der Waals surface area contributed by atoms with Crippen LogP contribution in [0.1, 0.15) is 0 Å². The van der Waals surface area contributed by atoms with E-state index in [4.69, 9.17) is 0 Å². The van der Waals surface area contributed by atoms with Gasteiger partial charge in [0.1, 0.15) is 0 Å². The Bertz CT molecular complexity index is 4020. The van der Waals surface area contributed by atoms with Gasteiger partial charge in [0.15, 0.2) is 0 Å². The molecule has 0 amide bonds. The molecule has 0 aliphatic carbocycles. The SMILES string of the molecule is c1ccc(-c2ccc(-c3ccc(N(c4ccc(-c5ccc(-c6cccc7ccccc67)cc5)cc4)c4cccc(-c5cccc6c5c5c(-c7ccccc7)cccc5n6-c5ccccc5)c4)cc3)cc2)cc1. The van der Waals surface area contributed by atoms with Gasteiger partial charge in [-0.25, -0.2) is 0 Å². The Balaban J connectivity index is 0.919. The first-order valence-electron chi connectivity index (χ1n) is 24.7. The van der Waals surface area contributed by atoms with Crippen LogP contribution in [0.4, 0.5) is 17.1 Å². The highest BCUT2D eigenvalue weighted by atomic mass is 15.1. The first-order chi connectivity index (χ1) is 35.7. The molecule has 0 spiro atoms. The summed E-state index contributed by atoms with van der Waals surface area (Å²) in [6.07, 6.45) is 0. The van der Waals surface area contributed by atoms with Crippen LogP contribution in [-0.2, 0) is 0 Å². The van der Waals surface area contributed by atoms with Crippen molar-refractivity contribution in [3.05, 3.63) is 291 Å². The van der Waals surface area contributed by atoms with Gasteiger partial charge in [-0.15, -0.1) is 0 Å². The number of nitrogens with zero attached hydrogens (tertiary/aromatic N) is 2. The van der Waals surface area contributed by atoms with Crippen molar-refractivity contribution in [1.29, 1.82) is 0 Å². The van der Waals surface area contributed by atoms with E-state index in [0.717, 1.165) is 28.3 Å². The quantitative estimate of drug-likeness (QED) is 0.133. The molecule has 0 unspecified atom stereocenters. The van der Waals surface area contributed by atoms with Crippen molar-refractivity contribution in [3.8, 4) is 72.4 Å². The standard InChI is InChI=1S/C70H48N2/c1-4-16-49(17-5-1)50-32-34-51(35-33-50)53-40-44-60(45-41-53)71(61-46-42-54(43-47-61)52-36-38-57(39-37-52)64-27-13-21-55-20-10-11-26-63(55)64)62-25-12-22-58(48-62)66-29-15-31-68-70(66)69-65(56-18-6-2-7-19-56)28-14-30-67(69)72(68)59-23-8-3-9-24-59/h1-48H. The van der Waals surface area contributed by atoms with Crippen LogP contribution in [0.5, 0.6) is 0 Å². The third kappa shape index (κ3) is 7.82. The highest BCUT2D eigenvalue weighted by Crippen LogP contribution is 2.45. The van der Waals surface area contributed by atoms with E-state index in [9.17, 15) is 0 Å². The zero-order chi connectivity index (χ0) is 47.8. The number of fused-ring (bicyclic) bond motifs is 4. The molecule has 2 heteroatoms. The Labute approximate surface area is 420 Å². The molecule has 13 rings (SSSR count). The number of hydrogen-bond acceptors (Lipinski definition) is 1. The van der Waals surface area contributed by atoms with Crippen molar-refractivity contribution in [2.24, 2.45) is 0 Å². The molecule has 1 aromatic heterocycles. The molecule has 0 aliphatic heterocycles. The van der Waals surface area contributed by atoms with E-state index in [0.29, 0.717) is 0 Å². The molecule has 0 atom stereocenters. The van der Waals surface area contributed by atoms with Gasteiger partial charge in [0.2, 0.25) is 0 Å². The van der Waals surface area contributed by atoms with Crippen LogP contribution in [0, 0.1) is 0 Å². The number of rotatable bonds is 10. The molecule has 0 N–H and O–H groups in total. The summed E-state index contributed by atoms with van der Waals surface area (Å²) in [5.41, 5.74) is 21.1.